The summed E-state index contributed by atoms with van der Waals surface area (Å²) in [7, 11) is -0.523. The maximum Gasteiger partial charge on any atom is 0.301 e. The Morgan fingerprint density at radius 3 is 2.94 bits per heavy atom. The summed E-state index contributed by atoms with van der Waals surface area (Å²) in [5.74, 6) is 0. The van der Waals surface area contributed by atoms with E-state index in [4.69, 9.17) is 4.74 Å². The quantitative estimate of drug-likeness (QED) is 0.830. The molecule has 0 amide bonds. The second kappa shape index (κ2) is 4.63. The first-order valence-corrected chi connectivity index (χ1v) is 6.75. The number of nitrogens with zero attached hydrogens (tertiary/aromatic N) is 3. The van der Waals surface area contributed by atoms with Crippen LogP contribution in [0.5, 0.6) is 0 Å². The van der Waals surface area contributed by atoms with Crippen molar-refractivity contribution < 1.29 is 13.2 Å². The van der Waals surface area contributed by atoms with Gasteiger partial charge in [-0.2, -0.15) is 17.8 Å². The van der Waals surface area contributed by atoms with E-state index in [1.54, 1.807) is 10.9 Å². The lowest BCUT2D eigenvalue weighted by atomic mass is 10.3. The van der Waals surface area contributed by atoms with Crippen LogP contribution in [0.4, 0.5) is 5.69 Å². The van der Waals surface area contributed by atoms with Crippen molar-refractivity contribution in [2.24, 2.45) is 0 Å². The monoisotopic (exact) mass is 260 g/mol. The van der Waals surface area contributed by atoms with E-state index in [1.165, 1.54) is 20.3 Å². The maximum atomic E-state index is 11.6. The van der Waals surface area contributed by atoms with Crippen molar-refractivity contribution in [1.29, 1.82) is 0 Å². The van der Waals surface area contributed by atoms with Gasteiger partial charge < -0.3 is 4.74 Å². The molecule has 0 aromatic carbocycles. The minimum Gasteiger partial charge on any atom is -0.379 e. The minimum absolute atomic E-state index is 0.201. The zero-order chi connectivity index (χ0) is 12.5. The van der Waals surface area contributed by atoms with Crippen molar-refractivity contribution in [1.82, 2.24) is 14.1 Å². The minimum atomic E-state index is -3.46. The number of aromatic nitrogens is 2. The average Bonchev–Trinajstić information content (AvgIpc) is 2.85. The van der Waals surface area contributed by atoms with Crippen LogP contribution in [-0.2, 0) is 14.9 Å². The Labute approximate surface area is 101 Å². The van der Waals surface area contributed by atoms with Crippen LogP contribution >= 0.6 is 0 Å². The SMILES string of the molecule is CN(C)S(=O)(=O)Nc1cnn([C@@H]2CCOC2)c1. The molecule has 1 aliphatic heterocycles. The molecule has 1 N–H and O–H groups in total. The van der Waals surface area contributed by atoms with Crippen molar-refractivity contribution in [2.75, 3.05) is 32.0 Å². The smallest absolute Gasteiger partial charge is 0.301 e. The summed E-state index contributed by atoms with van der Waals surface area (Å²) in [5.41, 5.74) is 0.464. The molecule has 1 aromatic heterocycles. The van der Waals surface area contributed by atoms with Crippen molar-refractivity contribution in [3.05, 3.63) is 12.4 Å². The molecule has 0 saturated carbocycles. The zero-order valence-corrected chi connectivity index (χ0v) is 10.6. The molecule has 0 spiro atoms. The molecule has 17 heavy (non-hydrogen) atoms. The lowest BCUT2D eigenvalue weighted by Gasteiger charge is -2.11. The van der Waals surface area contributed by atoms with Gasteiger partial charge in [0.2, 0.25) is 0 Å². The standard InChI is InChI=1S/C9H16N4O3S/c1-12(2)17(14,15)11-8-5-10-13(6-8)9-3-4-16-7-9/h5-6,9,11H,3-4,7H2,1-2H3/t9-/m1/s1. The Kier molecular flexibility index (Phi) is 3.36. The number of rotatable bonds is 4. The van der Waals surface area contributed by atoms with Gasteiger partial charge in [0.05, 0.1) is 24.5 Å². The van der Waals surface area contributed by atoms with E-state index in [1.807, 2.05) is 0 Å². The second-order valence-corrected chi connectivity index (χ2v) is 6.00. The molecule has 1 aliphatic rings. The third-order valence-electron chi connectivity index (χ3n) is 2.61. The van der Waals surface area contributed by atoms with Gasteiger partial charge in [0, 0.05) is 26.9 Å². The summed E-state index contributed by atoms with van der Waals surface area (Å²) in [5, 5.41) is 4.13. The van der Waals surface area contributed by atoms with Crippen molar-refractivity contribution in [3.63, 3.8) is 0 Å². The molecule has 7 nitrogen and oxygen atoms in total. The van der Waals surface area contributed by atoms with E-state index < -0.39 is 10.2 Å². The van der Waals surface area contributed by atoms with Crippen LogP contribution in [0.2, 0.25) is 0 Å². The largest absolute Gasteiger partial charge is 0.379 e. The van der Waals surface area contributed by atoms with Gasteiger partial charge >= 0.3 is 10.2 Å². The summed E-state index contributed by atoms with van der Waals surface area (Å²) in [6.07, 6.45) is 4.08. The molecule has 2 rings (SSSR count). The van der Waals surface area contributed by atoms with Gasteiger partial charge in [-0.15, -0.1) is 0 Å². The van der Waals surface area contributed by atoms with Gasteiger partial charge in [0.1, 0.15) is 0 Å². The maximum absolute atomic E-state index is 11.6. The highest BCUT2D eigenvalue weighted by Crippen LogP contribution is 2.20. The third-order valence-corrected chi connectivity index (χ3v) is 4.06. The normalized spacial score (nSPS) is 21.0. The van der Waals surface area contributed by atoms with Crippen molar-refractivity contribution >= 4 is 15.9 Å². The number of hydrogen-bond acceptors (Lipinski definition) is 4. The Hall–Kier alpha value is -1.12. The number of ether oxygens (including phenoxy) is 1. The van der Waals surface area contributed by atoms with Gasteiger partial charge in [-0.1, -0.05) is 0 Å². The molecule has 2 heterocycles. The van der Waals surface area contributed by atoms with Crippen LogP contribution in [0, 0.1) is 0 Å². The van der Waals surface area contributed by atoms with Gasteiger partial charge in [-0.25, -0.2) is 0 Å². The number of anilines is 1. The second-order valence-electron chi connectivity index (χ2n) is 4.12. The predicted octanol–water partition coefficient (Wildman–Crippen LogP) is 0.0628. The molecule has 0 unspecified atom stereocenters. The average molecular weight is 260 g/mol. The van der Waals surface area contributed by atoms with Crippen molar-refractivity contribution in [2.45, 2.75) is 12.5 Å². The van der Waals surface area contributed by atoms with Crippen LogP contribution in [0.1, 0.15) is 12.5 Å². The van der Waals surface area contributed by atoms with Gasteiger partial charge in [-0.3, -0.25) is 9.40 Å². The van der Waals surface area contributed by atoms with Gasteiger partial charge in [-0.05, 0) is 6.42 Å². The van der Waals surface area contributed by atoms with Crippen LogP contribution in [0.3, 0.4) is 0 Å². The van der Waals surface area contributed by atoms with E-state index in [2.05, 4.69) is 9.82 Å². The van der Waals surface area contributed by atoms with Gasteiger partial charge in [0.15, 0.2) is 0 Å². The Bertz CT molecular complexity index is 476. The summed E-state index contributed by atoms with van der Waals surface area (Å²) in [6.45, 7) is 1.35. The Balaban J connectivity index is 2.08. The molecule has 1 saturated heterocycles. The summed E-state index contributed by atoms with van der Waals surface area (Å²) >= 11 is 0. The van der Waals surface area contributed by atoms with E-state index in [-0.39, 0.29) is 6.04 Å². The molecule has 1 aromatic rings. The van der Waals surface area contributed by atoms with E-state index in [0.29, 0.717) is 12.3 Å². The highest BCUT2D eigenvalue weighted by molar-refractivity contribution is 7.90. The molecule has 8 heteroatoms. The fraction of sp³-hybridized carbons (Fsp3) is 0.667. The first-order chi connectivity index (χ1) is 7.99. The van der Waals surface area contributed by atoms with Crippen LogP contribution in [0.15, 0.2) is 12.4 Å². The molecular formula is C9H16N4O3S. The summed E-state index contributed by atoms with van der Waals surface area (Å²) in [4.78, 5) is 0. The van der Waals surface area contributed by atoms with Crippen LogP contribution < -0.4 is 4.72 Å². The fourth-order valence-electron chi connectivity index (χ4n) is 1.56. The highest BCUT2D eigenvalue weighted by atomic mass is 32.2. The van der Waals surface area contributed by atoms with Crippen LogP contribution in [0.25, 0.3) is 0 Å². The number of nitrogens with one attached hydrogen (secondary N) is 1. The van der Waals surface area contributed by atoms with E-state index in [9.17, 15) is 8.42 Å². The van der Waals surface area contributed by atoms with Crippen LogP contribution in [-0.4, -0.2) is 49.8 Å². The fourth-order valence-corrected chi connectivity index (χ4v) is 2.15. The summed E-state index contributed by atoms with van der Waals surface area (Å²) < 4.78 is 33.7. The molecular weight excluding hydrogens is 244 g/mol. The molecule has 0 aliphatic carbocycles. The van der Waals surface area contributed by atoms with Crippen molar-refractivity contribution in [3.8, 4) is 0 Å². The topological polar surface area (TPSA) is 76.5 Å². The van der Waals surface area contributed by atoms with E-state index in [0.717, 1.165) is 17.3 Å². The Morgan fingerprint density at radius 1 is 1.59 bits per heavy atom. The first-order valence-electron chi connectivity index (χ1n) is 5.31. The first kappa shape index (κ1) is 12.3. The molecule has 0 bridgehead atoms. The zero-order valence-electron chi connectivity index (χ0n) is 9.83. The predicted molar refractivity (Wildman–Crippen MR) is 62.9 cm³/mol. The Morgan fingerprint density at radius 2 is 2.35 bits per heavy atom. The molecule has 96 valence electrons. The highest BCUT2D eigenvalue weighted by Gasteiger charge is 2.19. The summed E-state index contributed by atoms with van der Waals surface area (Å²) in [6, 6.07) is 0.201. The van der Waals surface area contributed by atoms with Gasteiger partial charge in [0.25, 0.3) is 0 Å². The molecule has 1 fully saturated rings. The lowest BCUT2D eigenvalue weighted by Crippen LogP contribution is -2.28. The lowest BCUT2D eigenvalue weighted by molar-refractivity contribution is 0.184. The molecule has 0 radical (unpaired) electrons. The van der Waals surface area contributed by atoms with E-state index >= 15 is 0 Å². The molecule has 1 atom stereocenters. The third kappa shape index (κ3) is 2.76. The number of hydrogen-bond donors (Lipinski definition) is 1.